The Morgan fingerprint density at radius 3 is 2.57 bits per heavy atom. The molecule has 21 heavy (non-hydrogen) atoms. The van der Waals surface area contributed by atoms with Gasteiger partial charge in [0.25, 0.3) is 0 Å². The van der Waals surface area contributed by atoms with Gasteiger partial charge >= 0.3 is 0 Å². The smallest absolute Gasteiger partial charge is 0.119 e. The first-order chi connectivity index (χ1) is 10.3. The molecule has 2 heterocycles. The fourth-order valence-electron chi connectivity index (χ4n) is 2.70. The van der Waals surface area contributed by atoms with Crippen molar-refractivity contribution >= 4 is 48.4 Å². The third-order valence-electron chi connectivity index (χ3n) is 3.66. The normalized spacial score (nSPS) is 11.3. The lowest BCUT2D eigenvalue weighted by Crippen LogP contribution is -1.93. The topological polar surface area (TPSA) is 14.2 Å². The molecule has 2 aromatic heterocycles. The minimum atomic E-state index is 0.873. The minimum absolute atomic E-state index is 0.873. The van der Waals surface area contributed by atoms with Gasteiger partial charge in [-0.15, -0.1) is 11.3 Å². The van der Waals surface area contributed by atoms with E-state index in [9.17, 15) is 0 Å². The van der Waals surface area contributed by atoms with E-state index < -0.39 is 0 Å². The summed E-state index contributed by atoms with van der Waals surface area (Å²) in [5.41, 5.74) is 3.61. The molecule has 0 saturated heterocycles. The number of thiophene rings is 1. The van der Waals surface area contributed by atoms with Crippen molar-refractivity contribution in [1.82, 2.24) is 4.57 Å². The van der Waals surface area contributed by atoms with Crippen molar-refractivity contribution in [2.45, 2.75) is 0 Å². The van der Waals surface area contributed by atoms with Gasteiger partial charge in [-0.05, 0) is 47.8 Å². The summed E-state index contributed by atoms with van der Waals surface area (Å²) in [5, 5.41) is 3.44. The van der Waals surface area contributed by atoms with Gasteiger partial charge in [0.1, 0.15) is 5.75 Å². The summed E-state index contributed by atoms with van der Waals surface area (Å²) < 4.78 is 9.97. The summed E-state index contributed by atoms with van der Waals surface area (Å²) in [7, 11) is 1.69. The lowest BCUT2D eigenvalue weighted by atomic mass is 10.2. The molecule has 0 unspecified atom stereocenters. The Morgan fingerprint density at radius 2 is 1.81 bits per heavy atom. The number of halogens is 1. The molecule has 0 amide bonds. The summed E-state index contributed by atoms with van der Waals surface area (Å²) in [5.74, 6) is 0.873. The van der Waals surface area contributed by atoms with Crippen LogP contribution < -0.4 is 4.74 Å². The largest absolute Gasteiger partial charge is 0.497 e. The summed E-state index contributed by atoms with van der Waals surface area (Å²) >= 11 is 5.36. The van der Waals surface area contributed by atoms with Crippen LogP contribution in [0.15, 0.2) is 58.4 Å². The molecule has 0 fully saturated rings. The molecule has 0 radical (unpaired) electrons. The highest BCUT2D eigenvalue weighted by molar-refractivity contribution is 9.10. The zero-order valence-corrected chi connectivity index (χ0v) is 13.7. The fourth-order valence-corrected chi connectivity index (χ4v) is 3.96. The van der Waals surface area contributed by atoms with Crippen molar-refractivity contribution in [2.24, 2.45) is 0 Å². The van der Waals surface area contributed by atoms with Crippen LogP contribution in [-0.4, -0.2) is 11.7 Å². The van der Waals surface area contributed by atoms with Gasteiger partial charge in [-0.3, -0.25) is 0 Å². The highest BCUT2D eigenvalue weighted by atomic mass is 79.9. The number of fused-ring (bicyclic) bond motifs is 3. The second kappa shape index (κ2) is 4.90. The van der Waals surface area contributed by atoms with Gasteiger partial charge in [-0.25, -0.2) is 0 Å². The van der Waals surface area contributed by atoms with Crippen LogP contribution in [0.4, 0.5) is 0 Å². The third-order valence-corrected chi connectivity index (χ3v) is 5.09. The average molecular weight is 358 g/mol. The Hall–Kier alpha value is -1.78. The lowest BCUT2D eigenvalue weighted by Gasteiger charge is -2.08. The van der Waals surface area contributed by atoms with Crippen LogP contribution >= 0.6 is 27.3 Å². The van der Waals surface area contributed by atoms with Crippen LogP contribution in [-0.2, 0) is 0 Å². The number of benzene rings is 2. The van der Waals surface area contributed by atoms with Crippen molar-refractivity contribution in [3.05, 3.63) is 58.4 Å². The molecule has 0 atom stereocenters. The standard InChI is InChI=1S/C17H12BrNOS/c1-20-13-5-3-12(4-6-13)19-15-8-9-21-17(15)14-7-2-11(18)10-16(14)19/h2-10H,1H3. The van der Waals surface area contributed by atoms with Gasteiger partial charge in [0.05, 0.1) is 22.8 Å². The van der Waals surface area contributed by atoms with Crippen LogP contribution in [0.5, 0.6) is 5.75 Å². The van der Waals surface area contributed by atoms with Crippen LogP contribution in [0.2, 0.25) is 0 Å². The SMILES string of the molecule is COc1ccc(-n2c3cc(Br)ccc3c3sccc32)cc1. The number of rotatable bonds is 2. The zero-order chi connectivity index (χ0) is 14.4. The summed E-state index contributed by atoms with van der Waals surface area (Å²) in [6.07, 6.45) is 0. The van der Waals surface area contributed by atoms with E-state index >= 15 is 0 Å². The molecule has 0 aliphatic rings. The third kappa shape index (κ3) is 1.98. The van der Waals surface area contributed by atoms with Crippen molar-refractivity contribution in [3.63, 3.8) is 0 Å². The maximum Gasteiger partial charge on any atom is 0.119 e. The Morgan fingerprint density at radius 1 is 1.00 bits per heavy atom. The maximum atomic E-state index is 5.25. The van der Waals surface area contributed by atoms with Crippen molar-refractivity contribution < 1.29 is 4.74 Å². The van der Waals surface area contributed by atoms with Crippen LogP contribution in [0.1, 0.15) is 0 Å². The average Bonchev–Trinajstić information content (AvgIpc) is 3.07. The van der Waals surface area contributed by atoms with E-state index in [-0.39, 0.29) is 0 Å². The maximum absolute atomic E-state index is 5.25. The van der Waals surface area contributed by atoms with Gasteiger partial charge in [0.15, 0.2) is 0 Å². The van der Waals surface area contributed by atoms with Crippen LogP contribution in [0.3, 0.4) is 0 Å². The minimum Gasteiger partial charge on any atom is -0.497 e. The van der Waals surface area contributed by atoms with Crippen LogP contribution in [0.25, 0.3) is 26.8 Å². The number of hydrogen-bond acceptors (Lipinski definition) is 2. The predicted molar refractivity (Wildman–Crippen MR) is 92.9 cm³/mol. The molecular formula is C17H12BrNOS. The van der Waals surface area contributed by atoms with Gasteiger partial charge in [-0.2, -0.15) is 0 Å². The molecule has 0 N–H and O–H groups in total. The number of hydrogen-bond donors (Lipinski definition) is 0. The fraction of sp³-hybridized carbons (Fsp3) is 0.0588. The summed E-state index contributed by atoms with van der Waals surface area (Å²) in [4.78, 5) is 0. The Labute approximate surface area is 134 Å². The van der Waals surface area contributed by atoms with Gasteiger partial charge in [0, 0.05) is 15.5 Å². The first-order valence-electron chi connectivity index (χ1n) is 6.59. The first kappa shape index (κ1) is 12.9. The highest BCUT2D eigenvalue weighted by Gasteiger charge is 2.13. The molecule has 4 rings (SSSR count). The number of nitrogens with zero attached hydrogens (tertiary/aromatic N) is 1. The van der Waals surface area contributed by atoms with E-state index in [2.05, 4.69) is 62.3 Å². The van der Waals surface area contributed by atoms with Crippen molar-refractivity contribution in [3.8, 4) is 11.4 Å². The molecule has 104 valence electrons. The zero-order valence-electron chi connectivity index (χ0n) is 11.3. The molecule has 0 bridgehead atoms. The number of methoxy groups -OCH3 is 1. The Bertz CT molecular complexity index is 937. The first-order valence-corrected chi connectivity index (χ1v) is 8.27. The van der Waals surface area contributed by atoms with Gasteiger partial charge < -0.3 is 9.30 Å². The molecule has 2 aromatic carbocycles. The van der Waals surface area contributed by atoms with Crippen LogP contribution in [0, 0.1) is 0 Å². The summed E-state index contributed by atoms with van der Waals surface area (Å²) in [6.45, 7) is 0. The second-order valence-electron chi connectivity index (χ2n) is 4.83. The monoisotopic (exact) mass is 357 g/mol. The van der Waals surface area contributed by atoms with Crippen molar-refractivity contribution in [1.29, 1.82) is 0 Å². The number of ether oxygens (including phenoxy) is 1. The summed E-state index contributed by atoms with van der Waals surface area (Å²) in [6, 6.07) is 16.8. The van der Waals surface area contributed by atoms with E-state index in [1.54, 1.807) is 18.4 Å². The molecule has 0 aliphatic heterocycles. The van der Waals surface area contributed by atoms with E-state index in [0.717, 1.165) is 15.9 Å². The molecule has 4 aromatic rings. The molecule has 0 spiro atoms. The highest BCUT2D eigenvalue weighted by Crippen LogP contribution is 2.36. The molecule has 0 saturated carbocycles. The predicted octanol–water partition coefficient (Wildman–Crippen LogP) is 5.62. The molecule has 2 nitrogen and oxygen atoms in total. The van der Waals surface area contributed by atoms with E-state index in [1.165, 1.54) is 21.1 Å². The Balaban J connectivity index is 2.07. The molecule has 0 aliphatic carbocycles. The number of aromatic nitrogens is 1. The van der Waals surface area contributed by atoms with Crippen molar-refractivity contribution in [2.75, 3.05) is 7.11 Å². The van der Waals surface area contributed by atoms with E-state index in [1.807, 2.05) is 12.1 Å². The van der Waals surface area contributed by atoms with Gasteiger partial charge in [0.2, 0.25) is 0 Å². The van der Waals surface area contributed by atoms with E-state index in [0.29, 0.717) is 0 Å². The molecule has 4 heteroatoms. The quantitative estimate of drug-likeness (QED) is 0.454. The second-order valence-corrected chi connectivity index (χ2v) is 6.66. The van der Waals surface area contributed by atoms with E-state index in [4.69, 9.17) is 4.74 Å². The Kier molecular flexibility index (Phi) is 3.01. The lowest BCUT2D eigenvalue weighted by molar-refractivity contribution is 0.415. The van der Waals surface area contributed by atoms with Gasteiger partial charge in [-0.1, -0.05) is 22.0 Å². The molecular weight excluding hydrogens is 346 g/mol.